The number of fused-ring (bicyclic) bond motifs is 4. The van der Waals surface area contributed by atoms with E-state index in [0.717, 1.165) is 171 Å². The molecule has 6 aliphatic heterocycles. The predicted octanol–water partition coefficient (Wildman–Crippen LogP) is 20.9. The van der Waals surface area contributed by atoms with Crippen LogP contribution in [-0.4, -0.2) is 171 Å². The van der Waals surface area contributed by atoms with E-state index in [9.17, 15) is 24.0 Å². The monoisotopic (exact) mass is 1760 g/mol. The third-order valence-electron chi connectivity index (χ3n) is 22.8. The Hall–Kier alpha value is -9.10. The molecular formula is C98H132IN7O14. The molecule has 0 saturated carbocycles. The predicted molar refractivity (Wildman–Crippen MR) is 485 cm³/mol. The molecule has 9 aromatic rings. The molecule has 5 amide bonds. The van der Waals surface area contributed by atoms with Gasteiger partial charge in [-0.2, -0.15) is 0 Å². The van der Waals surface area contributed by atoms with Gasteiger partial charge in [-0.3, -0.25) is 9.59 Å². The Morgan fingerprint density at radius 3 is 1.21 bits per heavy atom. The standard InChI is InChI=1S/C19H25NO2.C18H24INO3.C18H24N2O2.C18H23NO3.C13H15NO.C12H21NO3/c1-13(2)14(3)19(21)20-10-6-7-16(20)11-15-12-22-18-9-5-4-8-17(15)18;1-18(2,3)23-17(21)20-12-6-8-14(20)9-7-13-22-16-11-5-4-10-15(16)19;1-12(2)17(19)18(21)20-9-5-6-14(20)10-13-11-22-16-8-4-3-7-15(13)16;1-18(2,3)22-17(20)19-10-6-7-14(19)11-13-12-21-16-9-5-4-8-15(13)16;1-2-6-13-12(5-1)10(9-15-13)8-11-4-3-7-14-11;1-12(2,3)16-11(15)13-8-4-6-10(13)7-5-9-14/h4-5,8-9,12-14,16H,6-7,10-11H2,1-3H3;4-5,7,9-11,14H,6,8,12-13H2,1-3H3;3-4,7-8,11-12,14,17H,5-6,9-10,19H2,1-2H3;4-5,8-9,12,14H,6-7,10-11H2,1-3H3;1-2,5-6,9,11,14H,3-4,7-8H2;5,7,10,14H,4,6,8-9H2,1-3H3/b;9-7+;;;;7-5+/t14-,16-;14-;14-,17-;14-;11-;10-/m000000/s1. The van der Waals surface area contributed by atoms with Crippen LogP contribution in [0.4, 0.5) is 14.4 Å². The first kappa shape index (κ1) is 93.2. The van der Waals surface area contributed by atoms with Gasteiger partial charge >= 0.3 is 18.3 Å². The van der Waals surface area contributed by atoms with E-state index in [4.69, 9.17) is 47.5 Å². The van der Waals surface area contributed by atoms with Crippen molar-refractivity contribution in [1.29, 1.82) is 0 Å². The molecule has 4 aromatic heterocycles. The van der Waals surface area contributed by atoms with Crippen LogP contribution >= 0.6 is 22.6 Å². The van der Waals surface area contributed by atoms with E-state index in [1.807, 2.05) is 220 Å². The Morgan fingerprint density at radius 1 is 0.458 bits per heavy atom. The smallest absolute Gasteiger partial charge is 0.410 e. The van der Waals surface area contributed by atoms with Crippen LogP contribution in [0.1, 0.15) is 196 Å². The summed E-state index contributed by atoms with van der Waals surface area (Å²) < 4.78 is 45.5. The van der Waals surface area contributed by atoms with Crippen molar-refractivity contribution in [2.75, 3.05) is 52.5 Å². The number of amides is 5. The molecule has 6 saturated heterocycles. The molecule has 120 heavy (non-hydrogen) atoms. The number of furan rings is 4. The summed E-state index contributed by atoms with van der Waals surface area (Å²) in [7, 11) is 0. The number of carbonyl (C=O) groups excluding carboxylic acids is 5. The van der Waals surface area contributed by atoms with E-state index in [1.165, 1.54) is 46.8 Å². The Balaban J connectivity index is 0.000000152. The number of nitrogens with zero attached hydrogens (tertiary/aromatic N) is 5. The second-order valence-corrected chi connectivity index (χ2v) is 37.3. The number of rotatable bonds is 18. The number of halogens is 1. The van der Waals surface area contributed by atoms with Gasteiger partial charge in [0.15, 0.2) is 0 Å². The Labute approximate surface area is 724 Å². The van der Waals surface area contributed by atoms with Crippen LogP contribution in [0.2, 0.25) is 0 Å². The molecule has 5 aromatic carbocycles. The van der Waals surface area contributed by atoms with Gasteiger partial charge in [-0.25, -0.2) is 14.4 Å². The summed E-state index contributed by atoms with van der Waals surface area (Å²) in [6.45, 7) is 32.9. The van der Waals surface area contributed by atoms with Crippen molar-refractivity contribution in [1.82, 2.24) is 29.8 Å². The number of benzene rings is 5. The van der Waals surface area contributed by atoms with Gasteiger partial charge in [-0.1, -0.05) is 138 Å². The quantitative estimate of drug-likeness (QED) is 0.0410. The number of hydrogen-bond acceptors (Lipinski definition) is 16. The number of nitrogens with two attached hydrogens (primary N) is 1. The van der Waals surface area contributed by atoms with Crippen LogP contribution in [-0.2, 0) is 49.5 Å². The topological polar surface area (TPSA) is 249 Å². The van der Waals surface area contributed by atoms with Gasteiger partial charge in [0.25, 0.3) is 0 Å². The number of ether oxygens (including phenoxy) is 4. The van der Waals surface area contributed by atoms with Crippen molar-refractivity contribution in [2.45, 2.75) is 259 Å². The van der Waals surface area contributed by atoms with Crippen LogP contribution in [0.3, 0.4) is 0 Å². The van der Waals surface area contributed by atoms with Crippen molar-refractivity contribution in [3.05, 3.63) is 197 Å². The lowest BCUT2D eigenvalue weighted by molar-refractivity contribution is -0.137. The second-order valence-electron chi connectivity index (χ2n) is 36.1. The van der Waals surface area contributed by atoms with E-state index in [2.05, 4.69) is 83.9 Å². The van der Waals surface area contributed by atoms with E-state index in [-0.39, 0.29) is 66.8 Å². The fourth-order valence-corrected chi connectivity index (χ4v) is 16.8. The molecule has 650 valence electrons. The van der Waals surface area contributed by atoms with E-state index >= 15 is 0 Å². The SMILES string of the molecule is CC(C)(C)OC(=O)N1CCC[C@H]1/C=C/CO.CC(C)(C)OC(=O)N1CCC[C@H]1/C=C/COc1ccccc1I.CC(C)(C)OC(=O)N1CCC[C@H]1Cc1coc2ccccc12.CC(C)[C@H](C)C(=O)N1CCC[C@H]1Cc1coc2ccccc12.CC(C)[C@H](N)C(=O)N1CCC[C@H]1Cc1coc2ccccc12.c1ccc2c(C[C@@H]3CCCN3)coc2c1. The third kappa shape index (κ3) is 26.9. The largest absolute Gasteiger partial charge is 0.488 e. The van der Waals surface area contributed by atoms with Crippen LogP contribution in [0.25, 0.3) is 43.9 Å². The highest BCUT2D eigenvalue weighted by Crippen LogP contribution is 2.34. The average molecular weight is 1760 g/mol. The van der Waals surface area contributed by atoms with Gasteiger partial charge in [-0.15, -0.1) is 0 Å². The zero-order chi connectivity index (χ0) is 86.3. The number of nitrogens with one attached hydrogen (secondary N) is 1. The van der Waals surface area contributed by atoms with Crippen molar-refractivity contribution in [3.8, 4) is 5.75 Å². The summed E-state index contributed by atoms with van der Waals surface area (Å²) in [4.78, 5) is 71.1. The van der Waals surface area contributed by atoms with Gasteiger partial charge in [0, 0.05) is 101 Å². The summed E-state index contributed by atoms with van der Waals surface area (Å²) in [5, 5.41) is 17.0. The van der Waals surface area contributed by atoms with Crippen molar-refractivity contribution in [3.63, 3.8) is 0 Å². The normalized spacial score (nSPS) is 19.9. The summed E-state index contributed by atoms with van der Waals surface area (Å²) in [6.07, 6.45) is 30.8. The van der Waals surface area contributed by atoms with Crippen molar-refractivity contribution in [2.24, 2.45) is 23.5 Å². The lowest BCUT2D eigenvalue weighted by Gasteiger charge is -2.29. The molecule has 22 heteroatoms. The molecule has 0 unspecified atom stereocenters. The maximum atomic E-state index is 12.7. The first-order valence-electron chi connectivity index (χ1n) is 43.5. The van der Waals surface area contributed by atoms with Crippen molar-refractivity contribution >= 4 is 96.6 Å². The molecule has 0 radical (unpaired) electrons. The molecule has 8 atom stereocenters. The van der Waals surface area contributed by atoms with Gasteiger partial charge in [-0.05, 0) is 254 Å². The maximum Gasteiger partial charge on any atom is 0.410 e. The summed E-state index contributed by atoms with van der Waals surface area (Å²) in [5.41, 5.74) is 13.3. The molecule has 6 aliphatic rings. The van der Waals surface area contributed by atoms with Gasteiger partial charge in [0.05, 0.1) is 53.4 Å². The number of carbonyl (C=O) groups is 5. The minimum absolute atomic E-state index is 0.0126. The number of likely N-dealkylation sites (tertiary alicyclic amines) is 5. The van der Waals surface area contributed by atoms with Gasteiger partial charge in [0.1, 0.15) is 51.5 Å². The van der Waals surface area contributed by atoms with Gasteiger partial charge < -0.3 is 77.3 Å². The van der Waals surface area contributed by atoms with Crippen LogP contribution in [0.5, 0.6) is 5.75 Å². The first-order valence-corrected chi connectivity index (χ1v) is 44.6. The highest BCUT2D eigenvalue weighted by Gasteiger charge is 2.38. The average Bonchev–Trinajstić information content (AvgIpc) is 1.68. The molecule has 15 rings (SSSR count). The number of aliphatic hydroxyl groups is 1. The first-order chi connectivity index (χ1) is 57.3. The highest BCUT2D eigenvalue weighted by molar-refractivity contribution is 14.1. The fourth-order valence-electron chi connectivity index (χ4n) is 16.2. The molecule has 4 N–H and O–H groups in total. The Bertz CT molecular complexity index is 4680. The summed E-state index contributed by atoms with van der Waals surface area (Å²) in [6, 6.07) is 41.5. The number of para-hydroxylation sites is 5. The van der Waals surface area contributed by atoms with E-state index in [0.29, 0.717) is 30.5 Å². The number of hydrogen-bond donors (Lipinski definition) is 3. The lowest BCUT2D eigenvalue weighted by Crippen LogP contribution is -2.48. The van der Waals surface area contributed by atoms with Gasteiger partial charge in [0.2, 0.25) is 11.8 Å². The van der Waals surface area contributed by atoms with Crippen LogP contribution < -0.4 is 15.8 Å². The molecule has 0 bridgehead atoms. The number of aliphatic hydroxyl groups excluding tert-OH is 1. The third-order valence-corrected chi connectivity index (χ3v) is 23.7. The van der Waals surface area contributed by atoms with Crippen LogP contribution in [0.15, 0.2) is 188 Å². The fraction of sp³-hybridized carbons (Fsp3) is 0.520. The molecular weight excluding hydrogens is 1630 g/mol. The maximum absolute atomic E-state index is 12.7. The minimum atomic E-state index is -0.457. The molecule has 21 nitrogen and oxygen atoms in total. The van der Waals surface area contributed by atoms with E-state index < -0.39 is 22.8 Å². The Morgan fingerprint density at radius 2 is 0.817 bits per heavy atom. The lowest BCUT2D eigenvalue weighted by atomic mass is 9.95. The summed E-state index contributed by atoms with van der Waals surface area (Å²) in [5.74, 6) is 1.94. The minimum Gasteiger partial charge on any atom is -0.488 e. The molecule has 0 spiro atoms. The van der Waals surface area contributed by atoms with Crippen LogP contribution in [0, 0.1) is 21.3 Å². The molecule has 6 fully saturated rings. The zero-order valence-corrected chi connectivity index (χ0v) is 75.5. The van der Waals surface area contributed by atoms with E-state index in [1.54, 1.807) is 15.9 Å². The molecule has 0 aliphatic carbocycles. The molecule has 10 heterocycles. The zero-order valence-electron chi connectivity index (χ0n) is 73.4. The summed E-state index contributed by atoms with van der Waals surface area (Å²) >= 11 is 2.26. The second kappa shape index (κ2) is 44.1. The van der Waals surface area contributed by atoms with Crippen molar-refractivity contribution < 1.29 is 65.7 Å². The highest BCUT2D eigenvalue weighted by atomic mass is 127. The Kier molecular flexibility index (Phi) is 34.2.